The van der Waals surface area contributed by atoms with E-state index in [0.29, 0.717) is 23.8 Å². The molecule has 2 heterocycles. The topological polar surface area (TPSA) is 92.6 Å². The minimum atomic E-state index is 0.569. The summed E-state index contributed by atoms with van der Waals surface area (Å²) >= 11 is 0. The zero-order valence-electron chi connectivity index (χ0n) is 9.90. The van der Waals surface area contributed by atoms with E-state index in [4.69, 9.17) is 10.5 Å². The number of rotatable bonds is 3. The fourth-order valence-corrected chi connectivity index (χ4v) is 1.85. The van der Waals surface area contributed by atoms with Crippen molar-refractivity contribution >= 4 is 16.7 Å². The van der Waals surface area contributed by atoms with Crippen LogP contribution in [0.4, 0.5) is 5.69 Å². The molecule has 0 aliphatic rings. The Labute approximate surface area is 103 Å². The highest BCUT2D eigenvalue weighted by atomic mass is 16.5. The van der Waals surface area contributed by atoms with E-state index in [1.165, 1.54) is 0 Å². The van der Waals surface area contributed by atoms with Crippen molar-refractivity contribution in [1.82, 2.24) is 20.2 Å². The minimum Gasteiger partial charge on any atom is -0.494 e. The van der Waals surface area contributed by atoms with E-state index in [0.717, 1.165) is 16.8 Å². The molecular formula is C12H13N5O. The predicted molar refractivity (Wildman–Crippen MR) is 69.3 cm³/mol. The fourth-order valence-electron chi connectivity index (χ4n) is 1.85. The molecule has 92 valence electrons. The maximum absolute atomic E-state index is 5.79. The molecule has 1 aromatic carbocycles. The molecule has 0 fully saturated rings. The number of aromatic nitrogens is 4. The number of aromatic amines is 2. The third kappa shape index (κ3) is 1.67. The van der Waals surface area contributed by atoms with Crippen molar-refractivity contribution in [2.45, 2.75) is 6.92 Å². The smallest absolute Gasteiger partial charge is 0.158 e. The molecule has 0 bridgehead atoms. The summed E-state index contributed by atoms with van der Waals surface area (Å²) in [5.41, 5.74) is 8.83. The van der Waals surface area contributed by atoms with Crippen LogP contribution < -0.4 is 10.5 Å². The molecule has 0 amide bonds. The number of imidazole rings is 1. The molecule has 4 N–H and O–H groups in total. The van der Waals surface area contributed by atoms with E-state index in [-0.39, 0.29) is 0 Å². The second-order valence-corrected chi connectivity index (χ2v) is 3.90. The van der Waals surface area contributed by atoms with Crippen molar-refractivity contribution in [3.63, 3.8) is 0 Å². The molecular weight excluding hydrogens is 230 g/mol. The second kappa shape index (κ2) is 4.06. The third-order valence-corrected chi connectivity index (χ3v) is 2.67. The molecule has 0 radical (unpaired) electrons. The molecule has 0 saturated carbocycles. The maximum atomic E-state index is 5.79. The van der Waals surface area contributed by atoms with E-state index in [1.54, 1.807) is 6.20 Å². The monoisotopic (exact) mass is 243 g/mol. The van der Waals surface area contributed by atoms with Gasteiger partial charge in [0.25, 0.3) is 0 Å². The molecule has 3 rings (SSSR count). The fraction of sp³-hybridized carbons (Fsp3) is 0.167. The van der Waals surface area contributed by atoms with Crippen molar-refractivity contribution in [2.24, 2.45) is 0 Å². The number of hydrogen-bond acceptors (Lipinski definition) is 4. The van der Waals surface area contributed by atoms with Gasteiger partial charge in [-0.25, -0.2) is 4.98 Å². The largest absolute Gasteiger partial charge is 0.494 e. The van der Waals surface area contributed by atoms with Crippen LogP contribution in [-0.2, 0) is 0 Å². The average Bonchev–Trinajstić information content (AvgIpc) is 2.94. The van der Waals surface area contributed by atoms with Gasteiger partial charge in [-0.05, 0) is 19.1 Å². The zero-order chi connectivity index (χ0) is 12.5. The Kier molecular flexibility index (Phi) is 2.40. The third-order valence-electron chi connectivity index (χ3n) is 2.67. The summed E-state index contributed by atoms with van der Waals surface area (Å²) in [4.78, 5) is 7.65. The van der Waals surface area contributed by atoms with Crippen LogP contribution >= 0.6 is 0 Å². The van der Waals surface area contributed by atoms with E-state index < -0.39 is 0 Å². The highest BCUT2D eigenvalue weighted by Crippen LogP contribution is 2.25. The second-order valence-electron chi connectivity index (χ2n) is 3.90. The summed E-state index contributed by atoms with van der Waals surface area (Å²) in [5, 5.41) is 6.70. The van der Waals surface area contributed by atoms with E-state index >= 15 is 0 Å². The number of nitrogens with one attached hydrogen (secondary N) is 2. The van der Waals surface area contributed by atoms with Gasteiger partial charge in [-0.3, -0.25) is 5.10 Å². The number of benzene rings is 1. The van der Waals surface area contributed by atoms with Crippen LogP contribution in [0.2, 0.25) is 0 Å². The lowest BCUT2D eigenvalue weighted by molar-refractivity contribution is 0.340. The van der Waals surface area contributed by atoms with Crippen LogP contribution in [-0.4, -0.2) is 26.8 Å². The Morgan fingerprint density at radius 1 is 1.39 bits per heavy atom. The molecule has 2 aromatic heterocycles. The van der Waals surface area contributed by atoms with Crippen molar-refractivity contribution in [3.05, 3.63) is 24.4 Å². The standard InChI is InChI=1S/C12H13N5O/c1-2-18-7-3-4-9-10(5-7)16-12(15-9)11-8(13)6-14-17-11/h3-6H,2,13H2,1H3,(H,14,17)(H,15,16). The first-order chi connectivity index (χ1) is 8.78. The Morgan fingerprint density at radius 2 is 2.28 bits per heavy atom. The first-order valence-electron chi connectivity index (χ1n) is 5.69. The summed E-state index contributed by atoms with van der Waals surface area (Å²) in [5.74, 6) is 1.49. The Balaban J connectivity index is 2.08. The van der Waals surface area contributed by atoms with Crippen molar-refractivity contribution in [1.29, 1.82) is 0 Å². The zero-order valence-corrected chi connectivity index (χ0v) is 9.90. The number of hydrogen-bond donors (Lipinski definition) is 3. The molecule has 6 nitrogen and oxygen atoms in total. The van der Waals surface area contributed by atoms with Crippen molar-refractivity contribution in [2.75, 3.05) is 12.3 Å². The van der Waals surface area contributed by atoms with E-state index in [2.05, 4.69) is 20.2 Å². The van der Waals surface area contributed by atoms with Crippen LogP contribution in [0, 0.1) is 0 Å². The number of H-pyrrole nitrogens is 2. The normalized spacial score (nSPS) is 10.9. The van der Waals surface area contributed by atoms with Gasteiger partial charge in [0.15, 0.2) is 5.82 Å². The number of nitrogens with zero attached hydrogens (tertiary/aromatic N) is 2. The lowest BCUT2D eigenvalue weighted by atomic mass is 10.3. The number of anilines is 1. The summed E-state index contributed by atoms with van der Waals surface area (Å²) in [6, 6.07) is 5.72. The predicted octanol–water partition coefficient (Wildman–Crippen LogP) is 1.93. The molecule has 0 spiro atoms. The van der Waals surface area contributed by atoms with Gasteiger partial charge in [0.05, 0.1) is 29.5 Å². The van der Waals surface area contributed by atoms with Gasteiger partial charge in [0.2, 0.25) is 0 Å². The first kappa shape index (κ1) is 10.6. The quantitative estimate of drug-likeness (QED) is 0.655. The number of nitrogen functional groups attached to an aromatic ring is 1. The highest BCUT2D eigenvalue weighted by molar-refractivity contribution is 5.82. The van der Waals surface area contributed by atoms with Gasteiger partial charge in [-0.1, -0.05) is 0 Å². The molecule has 0 aliphatic heterocycles. The summed E-state index contributed by atoms with van der Waals surface area (Å²) in [7, 11) is 0. The number of nitrogens with two attached hydrogens (primary N) is 1. The van der Waals surface area contributed by atoms with Gasteiger partial charge < -0.3 is 15.5 Å². The SMILES string of the molecule is CCOc1ccc2nc(-c3[nH]ncc3N)[nH]c2c1. The van der Waals surface area contributed by atoms with E-state index in [9.17, 15) is 0 Å². The lowest BCUT2D eigenvalue weighted by Gasteiger charge is -2.00. The van der Waals surface area contributed by atoms with Crippen molar-refractivity contribution < 1.29 is 4.74 Å². The molecule has 6 heteroatoms. The van der Waals surface area contributed by atoms with Crippen LogP contribution in [0.5, 0.6) is 5.75 Å². The van der Waals surface area contributed by atoms with Gasteiger partial charge in [-0.2, -0.15) is 5.10 Å². The van der Waals surface area contributed by atoms with Gasteiger partial charge >= 0.3 is 0 Å². The van der Waals surface area contributed by atoms with Gasteiger partial charge in [0, 0.05) is 6.07 Å². The number of ether oxygens (including phenoxy) is 1. The van der Waals surface area contributed by atoms with Gasteiger partial charge in [-0.15, -0.1) is 0 Å². The minimum absolute atomic E-state index is 0.569. The van der Waals surface area contributed by atoms with Crippen LogP contribution in [0.25, 0.3) is 22.6 Å². The van der Waals surface area contributed by atoms with Crippen molar-refractivity contribution in [3.8, 4) is 17.3 Å². The Morgan fingerprint density at radius 3 is 3.00 bits per heavy atom. The summed E-state index contributed by atoms with van der Waals surface area (Å²) in [6.07, 6.45) is 1.56. The van der Waals surface area contributed by atoms with E-state index in [1.807, 2.05) is 25.1 Å². The first-order valence-corrected chi connectivity index (χ1v) is 5.69. The molecule has 3 aromatic rings. The van der Waals surface area contributed by atoms with Crippen LogP contribution in [0.15, 0.2) is 24.4 Å². The average molecular weight is 243 g/mol. The van der Waals surface area contributed by atoms with Crippen LogP contribution in [0.1, 0.15) is 6.92 Å². The molecule has 0 aliphatic carbocycles. The van der Waals surface area contributed by atoms with Crippen LogP contribution in [0.3, 0.4) is 0 Å². The number of fused-ring (bicyclic) bond motifs is 1. The Hall–Kier alpha value is -2.50. The maximum Gasteiger partial charge on any atom is 0.158 e. The lowest BCUT2D eigenvalue weighted by Crippen LogP contribution is -1.90. The highest BCUT2D eigenvalue weighted by Gasteiger charge is 2.10. The molecule has 0 saturated heterocycles. The molecule has 0 atom stereocenters. The van der Waals surface area contributed by atoms with Gasteiger partial charge in [0.1, 0.15) is 11.4 Å². The Bertz CT molecular complexity index is 685. The summed E-state index contributed by atoms with van der Waals surface area (Å²) in [6.45, 7) is 2.59. The molecule has 0 unspecified atom stereocenters. The molecule has 18 heavy (non-hydrogen) atoms. The summed E-state index contributed by atoms with van der Waals surface area (Å²) < 4.78 is 5.45.